The van der Waals surface area contributed by atoms with E-state index >= 15 is 0 Å². The van der Waals surface area contributed by atoms with Crippen LogP contribution in [0.4, 0.5) is 4.79 Å². The predicted molar refractivity (Wildman–Crippen MR) is 85.8 cm³/mol. The summed E-state index contributed by atoms with van der Waals surface area (Å²) in [6, 6.07) is 7.08. The van der Waals surface area contributed by atoms with Crippen LogP contribution in [0.3, 0.4) is 0 Å². The van der Waals surface area contributed by atoms with Crippen LogP contribution in [0.5, 0.6) is 5.75 Å². The lowest BCUT2D eigenvalue weighted by molar-refractivity contribution is 0.153. The van der Waals surface area contributed by atoms with Crippen molar-refractivity contribution in [1.82, 2.24) is 10.6 Å². The smallest absolute Gasteiger partial charge is 0.315 e. The number of phenols is 1. The largest absolute Gasteiger partial charge is 0.508 e. The van der Waals surface area contributed by atoms with E-state index in [1.165, 1.54) is 0 Å². The van der Waals surface area contributed by atoms with Gasteiger partial charge in [0.15, 0.2) is 0 Å². The Hall–Kier alpha value is -1.75. The van der Waals surface area contributed by atoms with Crippen LogP contribution in [0.2, 0.25) is 0 Å². The van der Waals surface area contributed by atoms with Gasteiger partial charge in [-0.25, -0.2) is 4.79 Å². The Morgan fingerprint density at radius 2 is 1.91 bits per heavy atom. The second kappa shape index (κ2) is 8.63. The minimum atomic E-state index is -0.143. The highest BCUT2D eigenvalue weighted by molar-refractivity contribution is 5.74. The fourth-order valence-electron chi connectivity index (χ4n) is 2.99. The first kappa shape index (κ1) is 16.6. The van der Waals surface area contributed by atoms with Gasteiger partial charge in [0.25, 0.3) is 0 Å². The number of phenolic OH excluding ortho intramolecular Hbond substituents is 1. The summed E-state index contributed by atoms with van der Waals surface area (Å²) in [5.41, 5.74) is 1.15. The molecule has 0 aromatic heterocycles. The van der Waals surface area contributed by atoms with E-state index in [9.17, 15) is 15.0 Å². The van der Waals surface area contributed by atoms with Gasteiger partial charge in [-0.2, -0.15) is 0 Å². The van der Waals surface area contributed by atoms with Crippen molar-refractivity contribution in [3.05, 3.63) is 29.8 Å². The van der Waals surface area contributed by atoms with Crippen molar-refractivity contribution in [2.45, 2.75) is 44.6 Å². The van der Waals surface area contributed by atoms with E-state index in [1.54, 1.807) is 12.1 Å². The molecule has 1 aliphatic carbocycles. The normalized spacial score (nSPS) is 21.3. The summed E-state index contributed by atoms with van der Waals surface area (Å²) in [5.74, 6) is 0.462. The van der Waals surface area contributed by atoms with E-state index in [1.807, 2.05) is 12.1 Å². The molecular weight excluding hydrogens is 280 g/mol. The van der Waals surface area contributed by atoms with Crippen molar-refractivity contribution in [3.8, 4) is 5.75 Å². The summed E-state index contributed by atoms with van der Waals surface area (Å²) in [4.78, 5) is 11.9. The third-order valence-electron chi connectivity index (χ3n) is 4.32. The second-order valence-corrected chi connectivity index (χ2v) is 6.00. The summed E-state index contributed by atoms with van der Waals surface area (Å²) in [6.45, 7) is 0.759. The minimum Gasteiger partial charge on any atom is -0.508 e. The third-order valence-corrected chi connectivity index (χ3v) is 4.32. The number of aromatic hydroxyl groups is 1. The Morgan fingerprint density at radius 1 is 1.18 bits per heavy atom. The van der Waals surface area contributed by atoms with Crippen LogP contribution >= 0.6 is 0 Å². The first-order valence-electron chi connectivity index (χ1n) is 8.12. The number of aliphatic hydroxyl groups is 1. The molecule has 4 N–H and O–H groups in total. The number of hydrogen-bond donors (Lipinski definition) is 4. The van der Waals surface area contributed by atoms with E-state index < -0.39 is 0 Å². The Balaban J connectivity index is 1.64. The summed E-state index contributed by atoms with van der Waals surface area (Å²) in [7, 11) is 0. The molecule has 0 heterocycles. The summed E-state index contributed by atoms with van der Waals surface area (Å²) in [6.07, 6.45) is 5.91. The Morgan fingerprint density at radius 3 is 2.64 bits per heavy atom. The number of urea groups is 1. The molecule has 1 saturated carbocycles. The molecular formula is C17H26N2O3. The van der Waals surface area contributed by atoms with E-state index in [-0.39, 0.29) is 30.3 Å². The fraction of sp³-hybridized carbons (Fsp3) is 0.588. The van der Waals surface area contributed by atoms with Crippen LogP contribution in [0.1, 0.15) is 37.7 Å². The summed E-state index contributed by atoms with van der Waals surface area (Å²) in [5, 5.41) is 24.4. The average Bonchev–Trinajstić information content (AvgIpc) is 2.54. The van der Waals surface area contributed by atoms with Crippen LogP contribution in [0, 0.1) is 5.92 Å². The monoisotopic (exact) mass is 306 g/mol. The zero-order valence-electron chi connectivity index (χ0n) is 12.9. The zero-order valence-corrected chi connectivity index (χ0v) is 12.9. The van der Waals surface area contributed by atoms with Gasteiger partial charge < -0.3 is 20.8 Å². The molecule has 1 aromatic rings. The molecule has 0 radical (unpaired) electrons. The maximum atomic E-state index is 11.9. The van der Waals surface area contributed by atoms with E-state index in [0.29, 0.717) is 6.54 Å². The lowest BCUT2D eigenvalue weighted by atomic mass is 9.85. The molecule has 22 heavy (non-hydrogen) atoms. The molecule has 2 amide bonds. The van der Waals surface area contributed by atoms with E-state index in [4.69, 9.17) is 0 Å². The maximum absolute atomic E-state index is 11.9. The quantitative estimate of drug-likeness (QED) is 0.608. The first-order valence-corrected chi connectivity index (χ1v) is 8.12. The molecule has 0 spiro atoms. The second-order valence-electron chi connectivity index (χ2n) is 6.00. The maximum Gasteiger partial charge on any atom is 0.315 e. The van der Waals surface area contributed by atoms with Crippen LogP contribution < -0.4 is 10.6 Å². The van der Waals surface area contributed by atoms with Crippen molar-refractivity contribution in [1.29, 1.82) is 0 Å². The molecule has 5 heteroatoms. The molecule has 1 fully saturated rings. The van der Waals surface area contributed by atoms with Gasteiger partial charge in [-0.3, -0.25) is 0 Å². The number of rotatable bonds is 6. The standard InChI is InChI=1S/C17H26N2O3/c20-12-14-5-1-2-6-16(14)19-17(22)18-11-3-4-13-7-9-15(21)10-8-13/h7-10,14,16,20-21H,1-6,11-12H2,(H2,18,19,22). The van der Waals surface area contributed by atoms with Crippen molar-refractivity contribution in [2.75, 3.05) is 13.2 Å². The van der Waals surface area contributed by atoms with Gasteiger partial charge in [-0.1, -0.05) is 25.0 Å². The molecule has 1 aromatic carbocycles. The molecule has 0 saturated heterocycles. The first-order chi connectivity index (χ1) is 10.7. The number of aryl methyl sites for hydroxylation is 1. The fourth-order valence-corrected chi connectivity index (χ4v) is 2.99. The van der Waals surface area contributed by atoms with Gasteiger partial charge in [0.05, 0.1) is 0 Å². The number of carbonyl (C=O) groups excluding carboxylic acids is 1. The van der Waals surface area contributed by atoms with Crippen molar-refractivity contribution >= 4 is 6.03 Å². The van der Waals surface area contributed by atoms with Gasteiger partial charge in [-0.15, -0.1) is 0 Å². The molecule has 2 atom stereocenters. The van der Waals surface area contributed by atoms with E-state index in [2.05, 4.69) is 10.6 Å². The molecule has 2 unspecified atom stereocenters. The van der Waals surface area contributed by atoms with Gasteiger partial charge >= 0.3 is 6.03 Å². The number of carbonyl (C=O) groups is 1. The Labute approximate surface area is 131 Å². The molecule has 0 bridgehead atoms. The Kier molecular flexibility index (Phi) is 6.52. The van der Waals surface area contributed by atoms with Gasteiger partial charge in [0.2, 0.25) is 0 Å². The Bertz CT molecular complexity index is 461. The SMILES string of the molecule is O=C(NCCCc1ccc(O)cc1)NC1CCCCC1CO. The molecule has 122 valence electrons. The van der Waals surface area contributed by atoms with Crippen LogP contribution in [0.15, 0.2) is 24.3 Å². The molecule has 1 aliphatic rings. The average molecular weight is 306 g/mol. The van der Waals surface area contributed by atoms with Crippen molar-refractivity contribution < 1.29 is 15.0 Å². The van der Waals surface area contributed by atoms with Crippen LogP contribution in [-0.2, 0) is 6.42 Å². The zero-order chi connectivity index (χ0) is 15.8. The summed E-state index contributed by atoms with van der Waals surface area (Å²) >= 11 is 0. The third kappa shape index (κ3) is 5.22. The topological polar surface area (TPSA) is 81.6 Å². The predicted octanol–water partition coefficient (Wildman–Crippen LogP) is 2.18. The lowest BCUT2D eigenvalue weighted by Crippen LogP contribution is -2.47. The minimum absolute atomic E-state index is 0.0934. The van der Waals surface area contributed by atoms with Gasteiger partial charge in [0, 0.05) is 25.1 Å². The highest BCUT2D eigenvalue weighted by Crippen LogP contribution is 2.23. The lowest BCUT2D eigenvalue weighted by Gasteiger charge is -2.30. The number of nitrogens with one attached hydrogen (secondary N) is 2. The number of aliphatic hydroxyl groups excluding tert-OH is 1. The molecule has 5 nitrogen and oxygen atoms in total. The van der Waals surface area contributed by atoms with Crippen LogP contribution in [0.25, 0.3) is 0 Å². The van der Waals surface area contributed by atoms with Crippen LogP contribution in [-0.4, -0.2) is 35.4 Å². The van der Waals surface area contributed by atoms with Gasteiger partial charge in [0.1, 0.15) is 5.75 Å². The number of amides is 2. The summed E-state index contributed by atoms with van der Waals surface area (Å²) < 4.78 is 0. The van der Waals surface area contributed by atoms with Gasteiger partial charge in [-0.05, 0) is 43.4 Å². The number of benzene rings is 1. The molecule has 0 aliphatic heterocycles. The highest BCUT2D eigenvalue weighted by atomic mass is 16.3. The molecule has 2 rings (SSSR count). The van der Waals surface area contributed by atoms with E-state index in [0.717, 1.165) is 44.1 Å². The number of hydrogen-bond acceptors (Lipinski definition) is 3. The highest BCUT2D eigenvalue weighted by Gasteiger charge is 2.25. The van der Waals surface area contributed by atoms with Crippen molar-refractivity contribution in [3.63, 3.8) is 0 Å². The van der Waals surface area contributed by atoms with Crippen molar-refractivity contribution in [2.24, 2.45) is 5.92 Å².